The van der Waals surface area contributed by atoms with Crippen molar-refractivity contribution in [1.29, 1.82) is 0 Å². The molecule has 156 valence electrons. The molecule has 6 nitrogen and oxygen atoms in total. The Morgan fingerprint density at radius 1 is 1.28 bits per heavy atom. The summed E-state index contributed by atoms with van der Waals surface area (Å²) >= 11 is 6.09. The number of benzene rings is 1. The molecule has 0 aliphatic rings. The number of aliphatic imine (C=N–C) groups is 1. The highest BCUT2D eigenvalue weighted by Gasteiger charge is 2.11. The van der Waals surface area contributed by atoms with Gasteiger partial charge < -0.3 is 19.4 Å². The van der Waals surface area contributed by atoms with E-state index >= 15 is 0 Å². The summed E-state index contributed by atoms with van der Waals surface area (Å²) < 4.78 is 4.21. The van der Waals surface area contributed by atoms with Crippen LogP contribution in [0.1, 0.15) is 17.1 Å². The van der Waals surface area contributed by atoms with Crippen molar-refractivity contribution in [2.45, 2.75) is 26.1 Å². The van der Waals surface area contributed by atoms with Gasteiger partial charge in [0.05, 0.1) is 18.1 Å². The van der Waals surface area contributed by atoms with Gasteiger partial charge in [0.15, 0.2) is 5.96 Å². The predicted octanol–water partition coefficient (Wildman–Crippen LogP) is 3.94. The van der Waals surface area contributed by atoms with Crippen molar-refractivity contribution in [2.75, 3.05) is 14.1 Å². The monoisotopic (exact) mass is 526 g/mol. The minimum atomic E-state index is 0. The molecule has 1 aromatic carbocycles. The molecular weight excluding hydrogens is 499 g/mol. The lowest BCUT2D eigenvalue weighted by Crippen LogP contribution is -2.38. The molecule has 2 heterocycles. The number of rotatable bonds is 7. The summed E-state index contributed by atoms with van der Waals surface area (Å²) in [4.78, 5) is 11.0. The lowest BCUT2D eigenvalue weighted by Gasteiger charge is -2.22. The van der Waals surface area contributed by atoms with Gasteiger partial charge in [-0.3, -0.25) is 4.99 Å². The Kier molecular flexibility index (Phi) is 9.03. The quantitative estimate of drug-likeness (QED) is 0.288. The van der Waals surface area contributed by atoms with Crippen LogP contribution in [0.5, 0.6) is 0 Å². The van der Waals surface area contributed by atoms with E-state index in [4.69, 9.17) is 11.6 Å². The van der Waals surface area contributed by atoms with Crippen molar-refractivity contribution in [2.24, 2.45) is 12.0 Å². The second-order valence-electron chi connectivity index (χ2n) is 6.79. The largest absolute Gasteiger partial charge is 0.351 e. The van der Waals surface area contributed by atoms with E-state index in [1.807, 2.05) is 49.4 Å². The molecule has 29 heavy (non-hydrogen) atoms. The van der Waals surface area contributed by atoms with Crippen molar-refractivity contribution < 1.29 is 0 Å². The molecule has 3 rings (SSSR count). The van der Waals surface area contributed by atoms with Gasteiger partial charge in [-0.25, -0.2) is 4.98 Å². The molecule has 1 N–H and O–H groups in total. The lowest BCUT2D eigenvalue weighted by molar-refractivity contribution is 0.459. The number of nitrogens with one attached hydrogen (secondary N) is 1. The fraction of sp³-hybridized carbons (Fsp3) is 0.333. The Morgan fingerprint density at radius 2 is 2.03 bits per heavy atom. The molecule has 0 aliphatic heterocycles. The van der Waals surface area contributed by atoms with E-state index in [2.05, 4.69) is 49.0 Å². The van der Waals surface area contributed by atoms with E-state index in [0.717, 1.165) is 35.5 Å². The minimum absolute atomic E-state index is 0. The summed E-state index contributed by atoms with van der Waals surface area (Å²) in [6.45, 7) is 2.23. The predicted molar refractivity (Wildman–Crippen MR) is 130 cm³/mol. The molecule has 0 bridgehead atoms. The van der Waals surface area contributed by atoms with Crippen LogP contribution in [0.3, 0.4) is 0 Å². The van der Waals surface area contributed by atoms with Gasteiger partial charge in [0.2, 0.25) is 0 Å². The zero-order chi connectivity index (χ0) is 19.9. The first-order valence-corrected chi connectivity index (χ1v) is 9.71. The zero-order valence-electron chi connectivity index (χ0n) is 17.0. The van der Waals surface area contributed by atoms with Gasteiger partial charge in [0.1, 0.15) is 5.82 Å². The molecular formula is C21H28ClIN6. The van der Waals surface area contributed by atoms with Crippen molar-refractivity contribution in [1.82, 2.24) is 24.3 Å². The van der Waals surface area contributed by atoms with Gasteiger partial charge in [-0.1, -0.05) is 41.9 Å². The highest BCUT2D eigenvalue weighted by molar-refractivity contribution is 14.0. The maximum absolute atomic E-state index is 6.09. The number of halogens is 2. The van der Waals surface area contributed by atoms with Gasteiger partial charge >= 0.3 is 0 Å². The van der Waals surface area contributed by atoms with Crippen LogP contribution in [-0.2, 0) is 33.1 Å². The Morgan fingerprint density at radius 3 is 2.69 bits per heavy atom. The van der Waals surface area contributed by atoms with Crippen LogP contribution in [-0.4, -0.2) is 39.1 Å². The molecule has 3 aromatic rings. The molecule has 0 atom stereocenters. The number of guanidine groups is 1. The van der Waals surface area contributed by atoms with E-state index in [0.29, 0.717) is 13.1 Å². The van der Waals surface area contributed by atoms with Crippen molar-refractivity contribution in [3.63, 3.8) is 0 Å². The minimum Gasteiger partial charge on any atom is -0.351 e. The summed E-state index contributed by atoms with van der Waals surface area (Å²) in [5, 5.41) is 4.15. The molecule has 8 heteroatoms. The van der Waals surface area contributed by atoms with E-state index in [-0.39, 0.29) is 24.0 Å². The topological polar surface area (TPSA) is 50.4 Å². The van der Waals surface area contributed by atoms with Gasteiger partial charge in [-0.05, 0) is 18.1 Å². The maximum atomic E-state index is 6.09. The number of imidazole rings is 1. The van der Waals surface area contributed by atoms with E-state index in [1.54, 1.807) is 7.05 Å². The molecule has 0 radical (unpaired) electrons. The van der Waals surface area contributed by atoms with Crippen LogP contribution in [0, 0.1) is 0 Å². The van der Waals surface area contributed by atoms with Crippen molar-refractivity contribution in [3.05, 3.63) is 77.1 Å². The standard InChI is InChI=1S/C21H27ClN6.HI/c1-23-21(27(3)16-19-13-18(22)15-26(19)2)25-14-20-24-10-12-28(20)11-9-17-7-5-4-6-8-17;/h4-8,10,12-13,15H,9,11,14,16H2,1-3H3,(H,23,25);1H. The summed E-state index contributed by atoms with van der Waals surface area (Å²) in [6.07, 6.45) is 6.76. The van der Waals surface area contributed by atoms with E-state index in [1.165, 1.54) is 5.56 Å². The second-order valence-corrected chi connectivity index (χ2v) is 7.23. The van der Waals surface area contributed by atoms with Gasteiger partial charge in [-0.2, -0.15) is 0 Å². The first-order valence-electron chi connectivity index (χ1n) is 9.33. The second kappa shape index (κ2) is 11.3. The Balaban J connectivity index is 0.00000300. The molecule has 0 aliphatic carbocycles. The van der Waals surface area contributed by atoms with E-state index < -0.39 is 0 Å². The number of aromatic nitrogens is 3. The third kappa shape index (κ3) is 6.50. The number of nitrogens with zero attached hydrogens (tertiary/aromatic N) is 5. The summed E-state index contributed by atoms with van der Waals surface area (Å²) in [5.74, 6) is 1.81. The molecule has 0 fully saturated rings. The van der Waals surface area contributed by atoms with Crippen LogP contribution >= 0.6 is 35.6 Å². The average Bonchev–Trinajstić information content (AvgIpc) is 3.27. The molecule has 2 aromatic heterocycles. The maximum Gasteiger partial charge on any atom is 0.194 e. The number of aryl methyl sites for hydroxylation is 3. The zero-order valence-corrected chi connectivity index (χ0v) is 20.1. The van der Waals surface area contributed by atoms with Crippen LogP contribution in [0.15, 0.2) is 60.0 Å². The van der Waals surface area contributed by atoms with Gasteiger partial charge in [0.25, 0.3) is 0 Å². The molecule has 0 unspecified atom stereocenters. The highest BCUT2D eigenvalue weighted by Crippen LogP contribution is 2.14. The van der Waals surface area contributed by atoms with Gasteiger partial charge in [0, 0.05) is 52.0 Å². The third-order valence-electron chi connectivity index (χ3n) is 4.74. The fourth-order valence-corrected chi connectivity index (χ4v) is 3.46. The first-order chi connectivity index (χ1) is 13.6. The molecule has 0 saturated carbocycles. The SMILES string of the molecule is CN=C(NCc1nccn1CCc1ccccc1)N(C)Cc1cc(Cl)cn1C.I. The average molecular weight is 527 g/mol. The molecule has 0 saturated heterocycles. The molecule has 0 spiro atoms. The van der Waals surface area contributed by atoms with Crippen LogP contribution < -0.4 is 5.32 Å². The summed E-state index contributed by atoms with van der Waals surface area (Å²) in [7, 11) is 5.80. The summed E-state index contributed by atoms with van der Waals surface area (Å²) in [6, 6.07) is 12.5. The fourth-order valence-electron chi connectivity index (χ4n) is 3.19. The van der Waals surface area contributed by atoms with Gasteiger partial charge in [-0.15, -0.1) is 24.0 Å². The lowest BCUT2D eigenvalue weighted by atomic mass is 10.1. The van der Waals surface area contributed by atoms with Crippen LogP contribution in [0.4, 0.5) is 0 Å². The third-order valence-corrected chi connectivity index (χ3v) is 4.94. The highest BCUT2D eigenvalue weighted by atomic mass is 127. The normalized spacial score (nSPS) is 11.2. The smallest absolute Gasteiger partial charge is 0.194 e. The van der Waals surface area contributed by atoms with Crippen LogP contribution in [0.2, 0.25) is 5.02 Å². The van der Waals surface area contributed by atoms with E-state index in [9.17, 15) is 0 Å². The van der Waals surface area contributed by atoms with Crippen molar-refractivity contribution in [3.8, 4) is 0 Å². The van der Waals surface area contributed by atoms with Crippen LogP contribution in [0.25, 0.3) is 0 Å². The van der Waals surface area contributed by atoms with Crippen molar-refractivity contribution >= 4 is 41.5 Å². The Hall–Kier alpha value is -2.00. The molecule has 0 amide bonds. The summed E-state index contributed by atoms with van der Waals surface area (Å²) in [5.41, 5.74) is 2.45. The number of hydrogen-bond donors (Lipinski definition) is 1. The Labute approximate surface area is 194 Å². The number of hydrogen-bond acceptors (Lipinski definition) is 2. The Bertz CT molecular complexity index is 918. The first kappa shape index (κ1) is 23.3.